The number of hydrogen-bond donors (Lipinski definition) is 1. The van der Waals surface area contributed by atoms with Crippen molar-refractivity contribution in [3.8, 4) is 11.5 Å². The van der Waals surface area contributed by atoms with E-state index in [1.54, 1.807) is 48.5 Å². The number of anilines is 1. The van der Waals surface area contributed by atoms with Gasteiger partial charge in [-0.1, -0.05) is 78.0 Å². The normalized spacial score (nSPS) is 14.9. The molecular weight excluding hydrogens is 622 g/mol. The first kappa shape index (κ1) is 29.7. The van der Waals surface area contributed by atoms with Crippen LogP contribution in [0.2, 0.25) is 5.02 Å². The number of aliphatic hydroxyl groups excluding tert-OH is 1. The number of benzene rings is 3. The summed E-state index contributed by atoms with van der Waals surface area (Å²) in [5.41, 5.74) is 1.89. The number of ether oxygens (including phenoxy) is 2. The Labute approximate surface area is 266 Å². The van der Waals surface area contributed by atoms with E-state index in [-0.39, 0.29) is 16.5 Å². The number of amides is 1. The number of carbonyl (C=O) groups is 2. The standard InChI is InChI=1S/C32H26ClN3O6S2/c1-3-15-41-22-13-9-19(10-14-22)26-25(27(37)24-16-20-5-4-6-23(40-2)29(20)42-24)28(38)30(39)36(26)31-34-35-32(44-31)43-17-18-7-11-21(33)12-8-18/h4-14,16,26,38H,3,15,17H2,1-2H3. The van der Waals surface area contributed by atoms with E-state index in [1.807, 2.05) is 31.2 Å². The number of aliphatic hydroxyl groups is 1. The van der Waals surface area contributed by atoms with Crippen LogP contribution in [-0.2, 0) is 10.5 Å². The zero-order chi connectivity index (χ0) is 30.8. The molecule has 0 saturated carbocycles. The molecule has 2 aromatic heterocycles. The number of para-hydroxylation sites is 1. The number of Topliss-reactive ketones (excluding diaryl/α,β-unsaturated/α-hetero) is 1. The molecule has 3 aromatic carbocycles. The lowest BCUT2D eigenvalue weighted by Gasteiger charge is -2.24. The van der Waals surface area contributed by atoms with E-state index in [1.165, 1.54) is 35.1 Å². The second-order valence-corrected chi connectivity index (χ2v) is 12.5. The van der Waals surface area contributed by atoms with Crippen molar-refractivity contribution in [3.05, 3.63) is 106 Å². The van der Waals surface area contributed by atoms with Gasteiger partial charge in [0.1, 0.15) is 5.75 Å². The molecule has 224 valence electrons. The van der Waals surface area contributed by atoms with Crippen molar-refractivity contribution >= 4 is 62.5 Å². The van der Waals surface area contributed by atoms with Crippen LogP contribution in [-0.4, -0.2) is 40.7 Å². The molecule has 5 aromatic rings. The van der Waals surface area contributed by atoms with Crippen LogP contribution in [0.3, 0.4) is 0 Å². The SMILES string of the molecule is CCCOc1ccc(C2C(C(=O)c3cc4cccc(OC)c4o3)=C(O)C(=O)N2c2nnc(SCc3ccc(Cl)cc3)s2)cc1. The van der Waals surface area contributed by atoms with Crippen LogP contribution in [0.1, 0.15) is 41.1 Å². The Bertz CT molecular complexity index is 1870. The number of nitrogens with zero attached hydrogens (tertiary/aromatic N) is 3. The average molecular weight is 648 g/mol. The van der Waals surface area contributed by atoms with Crippen LogP contribution >= 0.6 is 34.7 Å². The number of aromatic nitrogens is 2. The van der Waals surface area contributed by atoms with Gasteiger partial charge in [0.15, 0.2) is 27.2 Å². The molecule has 44 heavy (non-hydrogen) atoms. The summed E-state index contributed by atoms with van der Waals surface area (Å²) in [4.78, 5) is 29.0. The molecule has 9 nitrogen and oxygen atoms in total. The van der Waals surface area contributed by atoms with E-state index in [9.17, 15) is 14.7 Å². The fraction of sp³-hybridized carbons (Fsp3) is 0.188. The van der Waals surface area contributed by atoms with Crippen molar-refractivity contribution in [1.29, 1.82) is 0 Å². The number of fused-ring (bicyclic) bond motifs is 1. The van der Waals surface area contributed by atoms with Crippen LogP contribution in [0.15, 0.2) is 92.9 Å². The van der Waals surface area contributed by atoms with Crippen LogP contribution in [0.5, 0.6) is 11.5 Å². The lowest BCUT2D eigenvalue weighted by atomic mass is 9.95. The van der Waals surface area contributed by atoms with Gasteiger partial charge >= 0.3 is 0 Å². The average Bonchev–Trinajstić information content (AvgIpc) is 3.76. The number of methoxy groups -OCH3 is 1. The number of furan rings is 1. The Hall–Kier alpha value is -4.32. The van der Waals surface area contributed by atoms with Gasteiger partial charge in [-0.2, -0.15) is 0 Å². The molecule has 0 radical (unpaired) electrons. The fourth-order valence-electron chi connectivity index (χ4n) is 4.84. The number of carbonyl (C=O) groups excluding carboxylic acids is 2. The Morgan fingerprint density at radius 3 is 2.61 bits per heavy atom. The third-order valence-corrected chi connectivity index (χ3v) is 9.33. The molecule has 1 unspecified atom stereocenters. The van der Waals surface area contributed by atoms with E-state index in [2.05, 4.69) is 10.2 Å². The molecule has 0 saturated heterocycles. The summed E-state index contributed by atoms with van der Waals surface area (Å²) >= 11 is 8.65. The van der Waals surface area contributed by atoms with Crippen LogP contribution in [0.4, 0.5) is 5.13 Å². The molecular formula is C32H26ClN3O6S2. The van der Waals surface area contributed by atoms with Gasteiger partial charge in [0.05, 0.1) is 25.3 Å². The molecule has 0 spiro atoms. The van der Waals surface area contributed by atoms with Crippen molar-refractivity contribution in [2.75, 3.05) is 18.6 Å². The minimum Gasteiger partial charge on any atom is -0.503 e. The monoisotopic (exact) mass is 647 g/mol. The Morgan fingerprint density at radius 1 is 1.11 bits per heavy atom. The number of halogens is 1. The van der Waals surface area contributed by atoms with Gasteiger partial charge in [-0.3, -0.25) is 14.5 Å². The molecule has 0 bridgehead atoms. The Balaban J connectivity index is 1.36. The van der Waals surface area contributed by atoms with Crippen molar-refractivity contribution in [2.45, 2.75) is 29.5 Å². The summed E-state index contributed by atoms with van der Waals surface area (Å²) in [6.07, 6.45) is 0.847. The molecule has 3 heterocycles. The third-order valence-electron chi connectivity index (χ3n) is 6.95. The summed E-state index contributed by atoms with van der Waals surface area (Å²) in [6, 6.07) is 20.4. The number of hydrogen-bond acceptors (Lipinski definition) is 10. The number of rotatable bonds is 11. The van der Waals surface area contributed by atoms with Gasteiger partial charge in [0.2, 0.25) is 10.9 Å². The van der Waals surface area contributed by atoms with Crippen molar-refractivity contribution in [2.24, 2.45) is 0 Å². The maximum atomic E-state index is 14.0. The Kier molecular flexibility index (Phi) is 8.60. The second-order valence-electron chi connectivity index (χ2n) is 9.84. The van der Waals surface area contributed by atoms with E-state index >= 15 is 0 Å². The van der Waals surface area contributed by atoms with Crippen molar-refractivity contribution in [1.82, 2.24) is 10.2 Å². The molecule has 12 heteroatoms. The molecule has 6 rings (SSSR count). The predicted molar refractivity (Wildman–Crippen MR) is 170 cm³/mol. The van der Waals surface area contributed by atoms with Gasteiger partial charge in [-0.15, -0.1) is 10.2 Å². The van der Waals surface area contributed by atoms with E-state index in [4.69, 9.17) is 25.5 Å². The fourth-order valence-corrected chi connectivity index (χ4v) is 6.79. The topological polar surface area (TPSA) is 115 Å². The molecule has 1 aliphatic heterocycles. The Morgan fingerprint density at radius 2 is 1.89 bits per heavy atom. The zero-order valence-electron chi connectivity index (χ0n) is 23.7. The number of ketones is 1. The lowest BCUT2D eigenvalue weighted by molar-refractivity contribution is -0.117. The maximum Gasteiger partial charge on any atom is 0.296 e. The van der Waals surface area contributed by atoms with Crippen LogP contribution in [0, 0.1) is 0 Å². The molecule has 1 amide bonds. The van der Waals surface area contributed by atoms with E-state index in [0.29, 0.717) is 49.8 Å². The minimum absolute atomic E-state index is 0.0370. The van der Waals surface area contributed by atoms with Gasteiger partial charge in [0.25, 0.3) is 5.91 Å². The van der Waals surface area contributed by atoms with Crippen molar-refractivity contribution in [3.63, 3.8) is 0 Å². The van der Waals surface area contributed by atoms with Crippen molar-refractivity contribution < 1.29 is 28.6 Å². The minimum atomic E-state index is -0.993. The quantitative estimate of drug-likeness (QED) is 0.0870. The molecule has 0 aliphatic carbocycles. The van der Waals surface area contributed by atoms with Crippen LogP contribution < -0.4 is 14.4 Å². The first-order valence-corrected chi connectivity index (χ1v) is 15.9. The third kappa shape index (κ3) is 5.78. The first-order chi connectivity index (χ1) is 21.4. The smallest absolute Gasteiger partial charge is 0.296 e. The van der Waals surface area contributed by atoms with Gasteiger partial charge in [0, 0.05) is 16.2 Å². The highest BCUT2D eigenvalue weighted by molar-refractivity contribution is 8.00. The number of thioether (sulfide) groups is 1. The maximum absolute atomic E-state index is 14.0. The van der Waals surface area contributed by atoms with Gasteiger partial charge in [-0.25, -0.2) is 0 Å². The molecule has 1 atom stereocenters. The van der Waals surface area contributed by atoms with E-state index in [0.717, 1.165) is 12.0 Å². The molecule has 1 N–H and O–H groups in total. The summed E-state index contributed by atoms with van der Waals surface area (Å²) in [5.74, 6) is -0.382. The van der Waals surface area contributed by atoms with Crippen LogP contribution in [0.25, 0.3) is 11.0 Å². The van der Waals surface area contributed by atoms with E-state index < -0.39 is 23.5 Å². The first-order valence-electron chi connectivity index (χ1n) is 13.7. The highest BCUT2D eigenvalue weighted by Crippen LogP contribution is 2.45. The second kappa shape index (κ2) is 12.7. The zero-order valence-corrected chi connectivity index (χ0v) is 26.0. The summed E-state index contributed by atoms with van der Waals surface area (Å²) in [7, 11) is 1.51. The van der Waals surface area contributed by atoms with Gasteiger partial charge in [-0.05, 0) is 53.9 Å². The lowest BCUT2D eigenvalue weighted by Crippen LogP contribution is -2.31. The molecule has 1 aliphatic rings. The molecule has 0 fully saturated rings. The summed E-state index contributed by atoms with van der Waals surface area (Å²) in [5, 5.41) is 21.3. The largest absolute Gasteiger partial charge is 0.503 e. The summed E-state index contributed by atoms with van der Waals surface area (Å²) < 4.78 is 17.6. The van der Waals surface area contributed by atoms with Gasteiger partial charge < -0.3 is 19.0 Å². The highest BCUT2D eigenvalue weighted by Gasteiger charge is 2.47. The highest BCUT2D eigenvalue weighted by atomic mass is 35.5. The predicted octanol–water partition coefficient (Wildman–Crippen LogP) is 7.81. The summed E-state index contributed by atoms with van der Waals surface area (Å²) in [6.45, 7) is 2.56.